The lowest BCUT2D eigenvalue weighted by atomic mass is 10.1. The zero-order valence-corrected chi connectivity index (χ0v) is 11.3. The molecule has 19 heavy (non-hydrogen) atoms. The van der Waals surface area contributed by atoms with Crippen LogP contribution < -0.4 is 4.90 Å². The van der Waals surface area contributed by atoms with E-state index >= 15 is 0 Å². The number of para-hydroxylation sites is 1. The summed E-state index contributed by atoms with van der Waals surface area (Å²) in [5, 5.41) is 9.12. The third-order valence-electron chi connectivity index (χ3n) is 2.74. The molecule has 1 rings (SSSR count). The molecule has 0 bridgehead atoms. The number of methoxy groups -OCH3 is 2. The monoisotopic (exact) mass is 262 g/mol. The summed E-state index contributed by atoms with van der Waals surface area (Å²) in [6.07, 6.45) is 0.278. The lowest BCUT2D eigenvalue weighted by Crippen LogP contribution is -2.30. The number of hydrogen-bond acceptors (Lipinski definition) is 5. The number of nitrogens with zero attached hydrogens (tertiary/aromatic N) is 2. The lowest BCUT2D eigenvalue weighted by Gasteiger charge is -2.25. The molecule has 0 saturated carbocycles. The van der Waals surface area contributed by atoms with E-state index in [2.05, 4.69) is 10.8 Å². The van der Waals surface area contributed by atoms with Crippen LogP contribution in [0.4, 0.5) is 5.69 Å². The summed E-state index contributed by atoms with van der Waals surface area (Å²) in [6.45, 7) is 1.64. The fourth-order valence-electron chi connectivity index (χ4n) is 1.73. The van der Waals surface area contributed by atoms with E-state index in [9.17, 15) is 4.79 Å². The van der Waals surface area contributed by atoms with Gasteiger partial charge in [0.05, 0.1) is 31.4 Å². The van der Waals surface area contributed by atoms with E-state index in [1.807, 2.05) is 23.1 Å². The number of nitriles is 1. The molecule has 0 aliphatic rings. The van der Waals surface area contributed by atoms with Crippen molar-refractivity contribution in [2.45, 2.75) is 6.42 Å². The molecule has 0 radical (unpaired) electrons. The van der Waals surface area contributed by atoms with Crippen LogP contribution in [0, 0.1) is 11.3 Å². The molecule has 0 saturated heterocycles. The first kappa shape index (κ1) is 15.0. The van der Waals surface area contributed by atoms with Crippen LogP contribution in [0.25, 0.3) is 0 Å². The van der Waals surface area contributed by atoms with Crippen LogP contribution in [0.1, 0.15) is 12.0 Å². The zero-order valence-electron chi connectivity index (χ0n) is 11.3. The molecule has 1 aromatic carbocycles. The van der Waals surface area contributed by atoms with E-state index in [-0.39, 0.29) is 12.4 Å². The Kier molecular flexibility index (Phi) is 6.41. The molecule has 102 valence electrons. The molecule has 0 heterocycles. The largest absolute Gasteiger partial charge is 0.469 e. The van der Waals surface area contributed by atoms with Crippen molar-refractivity contribution in [1.29, 1.82) is 5.26 Å². The van der Waals surface area contributed by atoms with E-state index in [4.69, 9.17) is 10.00 Å². The Bertz CT molecular complexity index is 454. The van der Waals surface area contributed by atoms with Crippen molar-refractivity contribution in [3.63, 3.8) is 0 Å². The lowest BCUT2D eigenvalue weighted by molar-refractivity contribution is -0.140. The summed E-state index contributed by atoms with van der Waals surface area (Å²) < 4.78 is 9.70. The molecular weight excluding hydrogens is 244 g/mol. The average Bonchev–Trinajstić information content (AvgIpc) is 2.47. The first-order valence-corrected chi connectivity index (χ1v) is 6.02. The van der Waals surface area contributed by atoms with Crippen molar-refractivity contribution in [1.82, 2.24) is 0 Å². The molecule has 5 heteroatoms. The predicted molar refractivity (Wildman–Crippen MR) is 71.9 cm³/mol. The molecule has 0 aromatic heterocycles. The maximum atomic E-state index is 11.2. The number of rotatable bonds is 7. The number of benzene rings is 1. The van der Waals surface area contributed by atoms with Crippen molar-refractivity contribution in [3.8, 4) is 6.07 Å². The number of carbonyl (C=O) groups excluding carboxylic acids is 1. The summed E-state index contributed by atoms with van der Waals surface area (Å²) in [5.74, 6) is -0.267. The van der Waals surface area contributed by atoms with Crippen LogP contribution in [0.5, 0.6) is 0 Å². The Balaban J connectivity index is 2.83. The highest BCUT2D eigenvalue weighted by Gasteiger charge is 2.12. The van der Waals surface area contributed by atoms with Crippen LogP contribution in [-0.2, 0) is 14.3 Å². The Morgan fingerprint density at radius 1 is 1.32 bits per heavy atom. The van der Waals surface area contributed by atoms with Gasteiger partial charge < -0.3 is 14.4 Å². The number of carbonyl (C=O) groups is 1. The highest BCUT2D eigenvalue weighted by molar-refractivity contribution is 5.70. The van der Waals surface area contributed by atoms with Gasteiger partial charge in [-0.05, 0) is 12.1 Å². The first-order valence-electron chi connectivity index (χ1n) is 6.02. The van der Waals surface area contributed by atoms with Crippen molar-refractivity contribution in [2.24, 2.45) is 0 Å². The molecule has 0 fully saturated rings. The summed E-state index contributed by atoms with van der Waals surface area (Å²) >= 11 is 0. The fraction of sp³-hybridized carbons (Fsp3) is 0.429. The summed E-state index contributed by atoms with van der Waals surface area (Å²) in [6, 6.07) is 9.46. The van der Waals surface area contributed by atoms with Crippen LogP contribution in [0.3, 0.4) is 0 Å². The highest BCUT2D eigenvalue weighted by Crippen LogP contribution is 2.19. The molecule has 0 spiro atoms. The number of hydrogen-bond donors (Lipinski definition) is 0. The van der Waals surface area contributed by atoms with Gasteiger partial charge in [-0.2, -0.15) is 5.26 Å². The van der Waals surface area contributed by atoms with Gasteiger partial charge in [-0.25, -0.2) is 0 Å². The summed E-state index contributed by atoms with van der Waals surface area (Å²) in [5.41, 5.74) is 1.40. The predicted octanol–water partition coefficient (Wildman–Crippen LogP) is 1.57. The Morgan fingerprint density at radius 3 is 2.68 bits per heavy atom. The van der Waals surface area contributed by atoms with Crippen molar-refractivity contribution < 1.29 is 14.3 Å². The minimum absolute atomic E-state index is 0.267. The minimum Gasteiger partial charge on any atom is -0.469 e. The Hall–Kier alpha value is -2.06. The maximum absolute atomic E-state index is 11.2. The van der Waals surface area contributed by atoms with Gasteiger partial charge in [0.15, 0.2) is 0 Å². The summed E-state index contributed by atoms with van der Waals surface area (Å²) in [7, 11) is 2.99. The van der Waals surface area contributed by atoms with E-state index in [0.29, 0.717) is 25.3 Å². The van der Waals surface area contributed by atoms with E-state index < -0.39 is 0 Å². The van der Waals surface area contributed by atoms with Crippen LogP contribution in [0.2, 0.25) is 0 Å². The smallest absolute Gasteiger partial charge is 0.307 e. The molecule has 0 aliphatic carbocycles. The standard InChI is InChI=1S/C14H18N2O3/c1-18-10-9-16(8-7-14(17)19-2)13-6-4-3-5-12(13)11-15/h3-6H,7-10H2,1-2H3. The SMILES string of the molecule is COCCN(CCC(=O)OC)c1ccccc1C#N. The van der Waals surface area contributed by atoms with Crippen molar-refractivity contribution in [2.75, 3.05) is 38.8 Å². The second kappa shape index (κ2) is 8.11. The third kappa shape index (κ3) is 4.60. The number of anilines is 1. The molecule has 0 amide bonds. The fourth-order valence-corrected chi connectivity index (χ4v) is 1.73. The normalized spacial score (nSPS) is 9.74. The molecule has 5 nitrogen and oxygen atoms in total. The molecule has 0 N–H and O–H groups in total. The second-order valence-electron chi connectivity index (χ2n) is 3.93. The quantitative estimate of drug-likeness (QED) is 0.698. The Labute approximate surface area is 113 Å². The molecule has 0 atom stereocenters. The van der Waals surface area contributed by atoms with Gasteiger partial charge in [0.2, 0.25) is 0 Å². The van der Waals surface area contributed by atoms with E-state index in [1.165, 1.54) is 7.11 Å². The maximum Gasteiger partial charge on any atom is 0.307 e. The van der Waals surface area contributed by atoms with Crippen molar-refractivity contribution in [3.05, 3.63) is 29.8 Å². The number of ether oxygens (including phenoxy) is 2. The van der Waals surface area contributed by atoms with Gasteiger partial charge >= 0.3 is 5.97 Å². The minimum atomic E-state index is -0.267. The second-order valence-corrected chi connectivity index (χ2v) is 3.93. The van der Waals surface area contributed by atoms with Gasteiger partial charge in [0, 0.05) is 20.2 Å². The Morgan fingerprint density at radius 2 is 2.05 bits per heavy atom. The number of esters is 1. The van der Waals surface area contributed by atoms with E-state index in [0.717, 1.165) is 5.69 Å². The topological polar surface area (TPSA) is 62.6 Å². The average molecular weight is 262 g/mol. The van der Waals surface area contributed by atoms with E-state index in [1.54, 1.807) is 13.2 Å². The van der Waals surface area contributed by atoms with Gasteiger partial charge in [-0.1, -0.05) is 12.1 Å². The van der Waals surface area contributed by atoms with Gasteiger partial charge in [-0.15, -0.1) is 0 Å². The van der Waals surface area contributed by atoms with Gasteiger partial charge in [0.1, 0.15) is 6.07 Å². The van der Waals surface area contributed by atoms with Crippen molar-refractivity contribution >= 4 is 11.7 Å². The molecular formula is C14H18N2O3. The van der Waals surface area contributed by atoms with Gasteiger partial charge in [-0.3, -0.25) is 4.79 Å². The summed E-state index contributed by atoms with van der Waals surface area (Å²) in [4.78, 5) is 13.2. The van der Waals surface area contributed by atoms with Crippen LogP contribution in [-0.4, -0.2) is 39.9 Å². The molecule has 0 unspecified atom stereocenters. The third-order valence-corrected chi connectivity index (χ3v) is 2.74. The molecule has 0 aliphatic heterocycles. The molecule has 1 aromatic rings. The van der Waals surface area contributed by atoms with Crippen LogP contribution >= 0.6 is 0 Å². The zero-order chi connectivity index (χ0) is 14.1. The van der Waals surface area contributed by atoms with Gasteiger partial charge in [0.25, 0.3) is 0 Å². The highest BCUT2D eigenvalue weighted by atomic mass is 16.5. The first-order chi connectivity index (χ1) is 9.22. The van der Waals surface area contributed by atoms with Crippen LogP contribution in [0.15, 0.2) is 24.3 Å².